The van der Waals surface area contributed by atoms with Crippen LogP contribution in [-0.2, 0) is 11.2 Å². The van der Waals surface area contributed by atoms with E-state index in [1.54, 1.807) is 20.8 Å². The van der Waals surface area contributed by atoms with Gasteiger partial charge in [0.2, 0.25) is 5.78 Å². The van der Waals surface area contributed by atoms with E-state index in [2.05, 4.69) is 0 Å². The van der Waals surface area contributed by atoms with Gasteiger partial charge < -0.3 is 9.84 Å². The van der Waals surface area contributed by atoms with Crippen molar-refractivity contribution in [2.75, 3.05) is 0 Å². The van der Waals surface area contributed by atoms with E-state index in [4.69, 9.17) is 4.74 Å². The maximum atomic E-state index is 13.9. The van der Waals surface area contributed by atoms with Crippen LogP contribution in [0.4, 0.5) is 26.3 Å². The molecule has 0 bridgehead atoms. The third-order valence-corrected chi connectivity index (χ3v) is 6.43. The highest BCUT2D eigenvalue weighted by Gasteiger charge is 2.58. The van der Waals surface area contributed by atoms with Gasteiger partial charge in [-0.2, -0.15) is 36.9 Å². The highest BCUT2D eigenvalue weighted by atomic mass is 19.4. The summed E-state index contributed by atoms with van der Waals surface area (Å²) >= 11 is 0. The number of phenols is 1. The molecule has 2 atom stereocenters. The molecule has 0 saturated carbocycles. The number of nitriles is 2. The zero-order valence-electron chi connectivity index (χ0n) is 18.4. The number of carbonyl (C=O) groups is 1. The molecule has 1 aliphatic heterocycles. The van der Waals surface area contributed by atoms with Crippen LogP contribution in [0, 0.1) is 49.4 Å². The van der Waals surface area contributed by atoms with E-state index in [0.717, 1.165) is 19.1 Å². The van der Waals surface area contributed by atoms with E-state index >= 15 is 0 Å². The summed E-state index contributed by atoms with van der Waals surface area (Å²) in [5, 5.41) is 28.7. The number of hydrogen-bond donors (Lipinski definition) is 1. The Kier molecular flexibility index (Phi) is 5.77. The van der Waals surface area contributed by atoms with E-state index < -0.39 is 51.9 Å². The average molecular weight is 484 g/mol. The second-order valence-electron chi connectivity index (χ2n) is 8.44. The third kappa shape index (κ3) is 3.60. The number of benzene rings is 1. The number of hydrogen-bond acceptors (Lipinski definition) is 5. The fourth-order valence-corrected chi connectivity index (χ4v) is 4.46. The van der Waals surface area contributed by atoms with Gasteiger partial charge in [0.25, 0.3) is 0 Å². The number of Topliss-reactive ketones (excluding diaryl/α,β-unsaturated/α-hetero) is 1. The molecule has 0 saturated heterocycles. The topological polar surface area (TPSA) is 94.1 Å². The van der Waals surface area contributed by atoms with Crippen molar-refractivity contribution in [2.45, 2.75) is 58.5 Å². The second kappa shape index (κ2) is 7.79. The molecule has 34 heavy (non-hydrogen) atoms. The predicted octanol–water partition coefficient (Wildman–Crippen LogP) is 5.37. The van der Waals surface area contributed by atoms with E-state index in [0.29, 0.717) is 22.3 Å². The summed E-state index contributed by atoms with van der Waals surface area (Å²) in [6, 6.07) is 2.14. The van der Waals surface area contributed by atoms with Crippen LogP contribution in [0.3, 0.4) is 0 Å². The largest absolute Gasteiger partial charge is 0.507 e. The highest BCUT2D eigenvalue weighted by molar-refractivity contribution is 6.08. The number of aromatic hydroxyl groups is 1. The van der Waals surface area contributed by atoms with Gasteiger partial charge in [-0.1, -0.05) is 0 Å². The van der Waals surface area contributed by atoms with Crippen LogP contribution in [0.25, 0.3) is 0 Å². The lowest BCUT2D eigenvalue weighted by Gasteiger charge is -2.37. The number of ketones is 1. The number of fused-ring (bicyclic) bond motifs is 1. The normalized spacial score (nSPS) is 22.8. The van der Waals surface area contributed by atoms with E-state index in [-0.39, 0.29) is 24.3 Å². The van der Waals surface area contributed by atoms with Gasteiger partial charge in [-0.25, -0.2) is 0 Å². The van der Waals surface area contributed by atoms with Gasteiger partial charge in [0.05, 0.1) is 28.9 Å². The quantitative estimate of drug-likeness (QED) is 0.570. The first-order valence-corrected chi connectivity index (χ1v) is 9.99. The summed E-state index contributed by atoms with van der Waals surface area (Å²) in [6.45, 7) is 5.75. The van der Waals surface area contributed by atoms with Crippen molar-refractivity contribution in [3.05, 3.63) is 44.5 Å². The Bertz CT molecular complexity index is 1260. The Morgan fingerprint density at radius 3 is 2.12 bits per heavy atom. The standard InChI is InChI=1S/C23H18F6N2O3/c1-9-10(2)19-12(11(3)18(9)32)5-6-21(4,34-19)20(33)15-16(22(24,25)26)13(7-30)14(8-31)17(15)23(27,28)29/h13,32H,5-6H2,1-4H3. The molecule has 1 aromatic rings. The molecule has 3 rings (SSSR count). The molecule has 0 spiro atoms. The lowest BCUT2D eigenvalue weighted by atomic mass is 9.81. The first kappa shape index (κ1) is 25.2. The molecule has 1 aromatic carbocycles. The van der Waals surface area contributed by atoms with Crippen molar-refractivity contribution < 1.29 is 41.0 Å². The van der Waals surface area contributed by atoms with Gasteiger partial charge in [0, 0.05) is 11.1 Å². The number of nitrogens with zero attached hydrogens (tertiary/aromatic N) is 2. The third-order valence-electron chi connectivity index (χ3n) is 6.43. The highest BCUT2D eigenvalue weighted by Crippen LogP contribution is 2.53. The molecule has 0 radical (unpaired) electrons. The Labute approximate surface area is 190 Å². The summed E-state index contributed by atoms with van der Waals surface area (Å²) in [6.07, 6.45) is -11.3. The van der Waals surface area contributed by atoms with Gasteiger partial charge in [0.15, 0.2) is 5.60 Å². The minimum Gasteiger partial charge on any atom is -0.507 e. The fraction of sp³-hybridized carbons (Fsp3) is 0.435. The molecule has 1 aliphatic carbocycles. The van der Waals surface area contributed by atoms with Crippen molar-refractivity contribution in [2.24, 2.45) is 5.92 Å². The fourth-order valence-electron chi connectivity index (χ4n) is 4.46. The molecule has 1 heterocycles. The molecule has 180 valence electrons. The van der Waals surface area contributed by atoms with Gasteiger partial charge in [-0.05, 0) is 57.2 Å². The van der Waals surface area contributed by atoms with Crippen LogP contribution < -0.4 is 4.74 Å². The monoisotopic (exact) mass is 484 g/mol. The molecule has 1 N–H and O–H groups in total. The van der Waals surface area contributed by atoms with E-state index in [9.17, 15) is 46.8 Å². The van der Waals surface area contributed by atoms with Gasteiger partial charge in [-0.15, -0.1) is 0 Å². The number of allylic oxidation sites excluding steroid dienone is 3. The Morgan fingerprint density at radius 2 is 1.65 bits per heavy atom. The lowest BCUT2D eigenvalue weighted by Crippen LogP contribution is -2.47. The van der Waals surface area contributed by atoms with Crippen LogP contribution in [0.15, 0.2) is 22.3 Å². The number of ether oxygens (including phenoxy) is 1. The molecular formula is C23H18F6N2O3. The molecule has 2 unspecified atom stereocenters. The van der Waals surface area contributed by atoms with Gasteiger partial charge in [0.1, 0.15) is 17.4 Å². The zero-order chi connectivity index (χ0) is 26.0. The maximum absolute atomic E-state index is 13.9. The number of rotatable bonds is 2. The Morgan fingerprint density at radius 1 is 1.06 bits per heavy atom. The number of halogens is 6. The smallest absolute Gasteiger partial charge is 0.418 e. The summed E-state index contributed by atoms with van der Waals surface area (Å²) in [5.41, 5.74) is -7.79. The first-order chi connectivity index (χ1) is 15.5. The van der Waals surface area contributed by atoms with Crippen molar-refractivity contribution in [3.63, 3.8) is 0 Å². The van der Waals surface area contributed by atoms with Crippen LogP contribution in [0.2, 0.25) is 0 Å². The Hall–Kier alpha value is -3.47. The van der Waals surface area contributed by atoms with Crippen molar-refractivity contribution in [3.8, 4) is 23.6 Å². The summed E-state index contributed by atoms with van der Waals surface area (Å²) in [5.74, 6) is -4.14. The van der Waals surface area contributed by atoms with Crippen molar-refractivity contribution in [1.29, 1.82) is 10.5 Å². The SMILES string of the molecule is Cc1c(C)c2c(c(C)c1O)CCC(C)(C(=O)C1=C(C(F)(F)F)C(C#N)C(C#N)=C1C(F)(F)F)O2. The van der Waals surface area contributed by atoms with Crippen molar-refractivity contribution in [1.82, 2.24) is 0 Å². The van der Waals surface area contributed by atoms with Gasteiger partial charge >= 0.3 is 12.4 Å². The van der Waals surface area contributed by atoms with Crippen LogP contribution >= 0.6 is 0 Å². The second-order valence-corrected chi connectivity index (χ2v) is 8.44. The van der Waals surface area contributed by atoms with Gasteiger partial charge in [-0.3, -0.25) is 4.79 Å². The number of phenolic OH excluding ortho intramolecular Hbond substituents is 1. The average Bonchev–Trinajstić information content (AvgIpc) is 3.10. The minimum absolute atomic E-state index is 0.0227. The lowest BCUT2D eigenvalue weighted by molar-refractivity contribution is -0.133. The molecule has 0 fully saturated rings. The maximum Gasteiger partial charge on any atom is 0.418 e. The Balaban J connectivity index is 2.28. The molecule has 5 nitrogen and oxygen atoms in total. The predicted molar refractivity (Wildman–Crippen MR) is 106 cm³/mol. The number of carbonyl (C=O) groups excluding carboxylic acids is 1. The van der Waals surface area contributed by atoms with Crippen LogP contribution in [0.1, 0.15) is 35.6 Å². The summed E-state index contributed by atoms with van der Waals surface area (Å²) in [4.78, 5) is 13.4. The van der Waals surface area contributed by atoms with Crippen LogP contribution in [-0.4, -0.2) is 28.8 Å². The molecule has 0 amide bonds. The molecule has 2 aliphatic rings. The van der Waals surface area contributed by atoms with Crippen LogP contribution in [0.5, 0.6) is 11.5 Å². The molecular weight excluding hydrogens is 466 g/mol. The summed E-state index contributed by atoms with van der Waals surface area (Å²) < 4.78 is 89.1. The van der Waals surface area contributed by atoms with E-state index in [1.165, 1.54) is 0 Å². The minimum atomic E-state index is -5.50. The van der Waals surface area contributed by atoms with E-state index in [1.807, 2.05) is 0 Å². The van der Waals surface area contributed by atoms with Crippen molar-refractivity contribution >= 4 is 5.78 Å². The summed E-state index contributed by atoms with van der Waals surface area (Å²) in [7, 11) is 0. The molecule has 0 aromatic heterocycles. The first-order valence-electron chi connectivity index (χ1n) is 9.99. The zero-order valence-corrected chi connectivity index (χ0v) is 18.4. The molecule has 11 heteroatoms. The number of alkyl halides is 6.